The van der Waals surface area contributed by atoms with Crippen molar-refractivity contribution in [3.63, 3.8) is 0 Å². The van der Waals surface area contributed by atoms with E-state index in [1.54, 1.807) is 0 Å². The lowest BCUT2D eigenvalue weighted by atomic mass is 9.77. The first-order valence-corrected chi connectivity index (χ1v) is 6.29. The molecule has 0 radical (unpaired) electrons. The highest BCUT2D eigenvalue weighted by molar-refractivity contribution is 4.92. The van der Waals surface area contributed by atoms with E-state index < -0.39 is 11.8 Å². The van der Waals surface area contributed by atoms with Gasteiger partial charge in [0, 0.05) is 0 Å². The zero-order chi connectivity index (χ0) is 12.9. The summed E-state index contributed by atoms with van der Waals surface area (Å²) in [5, 5.41) is 2.99. The van der Waals surface area contributed by atoms with Gasteiger partial charge in [0.1, 0.15) is 0 Å². The summed E-state index contributed by atoms with van der Waals surface area (Å²) in [6.45, 7) is 0.868. The van der Waals surface area contributed by atoms with Gasteiger partial charge in [-0.2, -0.15) is 13.2 Å². The van der Waals surface area contributed by atoms with Crippen molar-refractivity contribution >= 4 is 0 Å². The maximum atomic E-state index is 13.8. The van der Waals surface area contributed by atoms with Gasteiger partial charge in [0.2, 0.25) is 5.67 Å². The van der Waals surface area contributed by atoms with Crippen LogP contribution in [-0.4, -0.2) is 25.4 Å². The van der Waals surface area contributed by atoms with E-state index >= 15 is 0 Å². The first-order chi connectivity index (χ1) is 7.89. The number of rotatable bonds is 5. The molecule has 2 unspecified atom stereocenters. The van der Waals surface area contributed by atoms with E-state index in [9.17, 15) is 17.6 Å². The van der Waals surface area contributed by atoms with E-state index in [1.807, 2.05) is 7.05 Å². The monoisotopic (exact) mass is 255 g/mol. The van der Waals surface area contributed by atoms with E-state index in [2.05, 4.69) is 5.32 Å². The molecule has 0 aliphatic heterocycles. The van der Waals surface area contributed by atoms with Gasteiger partial charge in [0.15, 0.2) is 0 Å². The second-order valence-electron chi connectivity index (χ2n) is 5.02. The average molecular weight is 255 g/mol. The summed E-state index contributed by atoms with van der Waals surface area (Å²) in [7, 11) is 1.84. The Hall–Kier alpha value is -0.320. The third kappa shape index (κ3) is 4.12. The molecule has 1 nitrogen and oxygen atoms in total. The van der Waals surface area contributed by atoms with Gasteiger partial charge in [-0.25, -0.2) is 4.39 Å². The molecule has 0 aromatic heterocycles. The van der Waals surface area contributed by atoms with Crippen molar-refractivity contribution < 1.29 is 17.6 Å². The molecular formula is C12H21F4N. The fourth-order valence-corrected chi connectivity index (χ4v) is 2.57. The molecule has 102 valence electrons. The summed E-state index contributed by atoms with van der Waals surface area (Å²) >= 11 is 0. The van der Waals surface area contributed by atoms with Crippen molar-refractivity contribution in [3.05, 3.63) is 0 Å². The fraction of sp³-hybridized carbons (Fsp3) is 1.00. The second-order valence-corrected chi connectivity index (χ2v) is 5.02. The molecule has 1 aliphatic rings. The fourth-order valence-electron chi connectivity index (χ4n) is 2.57. The lowest BCUT2D eigenvalue weighted by Gasteiger charge is -2.36. The van der Waals surface area contributed by atoms with Crippen molar-refractivity contribution in [3.8, 4) is 0 Å². The van der Waals surface area contributed by atoms with Crippen LogP contribution in [0.25, 0.3) is 0 Å². The molecule has 1 N–H and O–H groups in total. The average Bonchev–Trinajstić information content (AvgIpc) is 2.23. The number of alkyl halides is 4. The second kappa shape index (κ2) is 6.03. The highest BCUT2D eigenvalue weighted by atomic mass is 19.4. The molecule has 1 aliphatic carbocycles. The van der Waals surface area contributed by atoms with Crippen molar-refractivity contribution in [1.29, 1.82) is 0 Å². The van der Waals surface area contributed by atoms with Crippen LogP contribution in [0, 0.1) is 5.92 Å². The van der Waals surface area contributed by atoms with Crippen LogP contribution in [-0.2, 0) is 0 Å². The van der Waals surface area contributed by atoms with Gasteiger partial charge in [-0.15, -0.1) is 0 Å². The van der Waals surface area contributed by atoms with Crippen molar-refractivity contribution in [2.75, 3.05) is 13.6 Å². The lowest BCUT2D eigenvalue weighted by Crippen LogP contribution is -2.44. The van der Waals surface area contributed by atoms with Gasteiger partial charge in [0.25, 0.3) is 0 Å². The van der Waals surface area contributed by atoms with E-state index in [4.69, 9.17) is 0 Å². The number of halogens is 4. The maximum Gasteiger partial charge on any atom is 0.422 e. The Labute approximate surface area is 100.0 Å². The molecule has 1 saturated carbocycles. The molecule has 0 amide bonds. The van der Waals surface area contributed by atoms with Crippen LogP contribution < -0.4 is 5.32 Å². The number of nitrogens with one attached hydrogen (secondary N) is 1. The minimum absolute atomic E-state index is 0.104. The zero-order valence-corrected chi connectivity index (χ0v) is 10.2. The van der Waals surface area contributed by atoms with Gasteiger partial charge in [-0.1, -0.05) is 19.3 Å². The SMILES string of the molecule is CNCCCCC1CCCC(F)(C(F)(F)F)C1. The zero-order valence-electron chi connectivity index (χ0n) is 10.2. The van der Waals surface area contributed by atoms with Gasteiger partial charge >= 0.3 is 6.18 Å². The minimum Gasteiger partial charge on any atom is -0.320 e. The normalized spacial score (nSPS) is 30.5. The van der Waals surface area contributed by atoms with Gasteiger partial charge < -0.3 is 5.32 Å². The van der Waals surface area contributed by atoms with Gasteiger partial charge in [-0.05, 0) is 45.2 Å². The molecule has 0 saturated heterocycles. The highest BCUT2D eigenvalue weighted by Crippen LogP contribution is 2.47. The predicted octanol–water partition coefficient (Wildman–Crippen LogP) is 3.84. The first kappa shape index (κ1) is 14.7. The Balaban J connectivity index is 2.38. The van der Waals surface area contributed by atoms with Gasteiger partial charge in [0.05, 0.1) is 0 Å². The topological polar surface area (TPSA) is 12.0 Å². The molecule has 0 aromatic rings. The van der Waals surface area contributed by atoms with Crippen molar-refractivity contribution in [2.45, 2.75) is 56.8 Å². The molecule has 0 aromatic carbocycles. The number of hydrogen-bond donors (Lipinski definition) is 1. The Morgan fingerprint density at radius 1 is 1.29 bits per heavy atom. The number of unbranched alkanes of at least 4 members (excludes halogenated alkanes) is 1. The van der Waals surface area contributed by atoms with Crippen LogP contribution in [0.2, 0.25) is 0 Å². The van der Waals surface area contributed by atoms with E-state index in [0.29, 0.717) is 12.8 Å². The van der Waals surface area contributed by atoms with Crippen molar-refractivity contribution in [1.82, 2.24) is 5.32 Å². The van der Waals surface area contributed by atoms with E-state index in [0.717, 1.165) is 25.8 Å². The van der Waals surface area contributed by atoms with E-state index in [-0.39, 0.29) is 18.8 Å². The van der Waals surface area contributed by atoms with Crippen LogP contribution in [0.4, 0.5) is 17.6 Å². The van der Waals surface area contributed by atoms with E-state index in [1.165, 1.54) is 0 Å². The molecule has 5 heteroatoms. The summed E-state index contributed by atoms with van der Waals surface area (Å²) in [4.78, 5) is 0. The summed E-state index contributed by atoms with van der Waals surface area (Å²) in [6.07, 6.45) is -1.77. The maximum absolute atomic E-state index is 13.8. The number of hydrogen-bond acceptors (Lipinski definition) is 1. The Bertz CT molecular complexity index is 229. The van der Waals surface area contributed by atoms with Crippen molar-refractivity contribution in [2.24, 2.45) is 5.92 Å². The summed E-state index contributed by atoms with van der Waals surface area (Å²) in [5.41, 5.74) is -2.93. The molecular weight excluding hydrogens is 234 g/mol. The Kier molecular flexibility index (Phi) is 5.22. The third-order valence-electron chi connectivity index (χ3n) is 3.59. The van der Waals surface area contributed by atoms with Crippen LogP contribution in [0.5, 0.6) is 0 Å². The summed E-state index contributed by atoms with van der Waals surface area (Å²) in [6, 6.07) is 0. The molecule has 17 heavy (non-hydrogen) atoms. The standard InChI is InChI=1S/C12H21F4N/c1-17-8-3-2-5-10-6-4-7-11(13,9-10)12(14,15)16/h10,17H,2-9H2,1H3. The van der Waals surface area contributed by atoms with Crippen LogP contribution >= 0.6 is 0 Å². The highest BCUT2D eigenvalue weighted by Gasteiger charge is 2.57. The molecule has 1 fully saturated rings. The molecule has 0 spiro atoms. The predicted molar refractivity (Wildman–Crippen MR) is 59.6 cm³/mol. The Morgan fingerprint density at radius 2 is 2.00 bits per heavy atom. The summed E-state index contributed by atoms with van der Waals surface area (Å²) in [5.74, 6) is -0.104. The smallest absolute Gasteiger partial charge is 0.320 e. The molecule has 0 bridgehead atoms. The first-order valence-electron chi connectivity index (χ1n) is 6.29. The summed E-state index contributed by atoms with van der Waals surface area (Å²) < 4.78 is 51.4. The molecule has 0 heterocycles. The largest absolute Gasteiger partial charge is 0.422 e. The molecule has 2 atom stereocenters. The minimum atomic E-state index is -4.70. The lowest BCUT2D eigenvalue weighted by molar-refractivity contribution is -0.244. The van der Waals surface area contributed by atoms with Crippen LogP contribution in [0.15, 0.2) is 0 Å². The van der Waals surface area contributed by atoms with Gasteiger partial charge in [-0.3, -0.25) is 0 Å². The van der Waals surface area contributed by atoms with Crippen LogP contribution in [0.3, 0.4) is 0 Å². The molecule has 1 rings (SSSR count). The Morgan fingerprint density at radius 3 is 2.59 bits per heavy atom. The quantitative estimate of drug-likeness (QED) is 0.581. The third-order valence-corrected chi connectivity index (χ3v) is 3.59. The van der Waals surface area contributed by atoms with Crippen LogP contribution in [0.1, 0.15) is 44.9 Å².